The van der Waals surface area contributed by atoms with E-state index in [1.807, 2.05) is 54.6 Å². The molecule has 6 rings (SSSR count). The monoisotopic (exact) mass is 731 g/mol. The van der Waals surface area contributed by atoms with Crippen LogP contribution < -0.4 is 33.3 Å². The predicted octanol–water partition coefficient (Wildman–Crippen LogP) is 11.7. The van der Waals surface area contributed by atoms with E-state index in [0.717, 1.165) is 84.9 Å². The summed E-state index contributed by atoms with van der Waals surface area (Å²) in [6, 6.07) is 43.0. The molecular formula is C48H45NO6. The van der Waals surface area contributed by atoms with Gasteiger partial charge in [-0.25, -0.2) is 0 Å². The summed E-state index contributed by atoms with van der Waals surface area (Å²) in [5, 5.41) is 0. The van der Waals surface area contributed by atoms with Crippen LogP contribution >= 0.6 is 0 Å². The molecule has 0 unspecified atom stereocenters. The molecule has 6 aromatic rings. The fraction of sp³-hybridized carbons (Fsp3) is 0.125. The number of rotatable bonds is 15. The van der Waals surface area contributed by atoms with Crippen LogP contribution in [-0.2, 0) is 0 Å². The number of hydrogen-bond donors (Lipinski definition) is 0. The van der Waals surface area contributed by atoms with E-state index in [0.29, 0.717) is 0 Å². The summed E-state index contributed by atoms with van der Waals surface area (Å²) in [6.07, 6.45) is 12.4. The lowest BCUT2D eigenvalue weighted by Crippen LogP contribution is -2.09. The van der Waals surface area contributed by atoms with Crippen molar-refractivity contribution in [2.45, 2.75) is 0 Å². The highest BCUT2D eigenvalue weighted by molar-refractivity contribution is 5.81. The van der Waals surface area contributed by atoms with Crippen molar-refractivity contribution in [3.05, 3.63) is 161 Å². The molecule has 0 aliphatic rings. The van der Waals surface area contributed by atoms with Crippen LogP contribution in [-0.4, -0.2) is 42.7 Å². The van der Waals surface area contributed by atoms with E-state index < -0.39 is 0 Å². The molecule has 0 fully saturated rings. The first kappa shape index (κ1) is 37.9. The summed E-state index contributed by atoms with van der Waals surface area (Å²) in [5.41, 5.74) is 9.24. The minimum absolute atomic E-state index is 0.745. The van der Waals surface area contributed by atoms with Gasteiger partial charge in [0.25, 0.3) is 0 Å². The van der Waals surface area contributed by atoms with E-state index >= 15 is 0 Å². The van der Waals surface area contributed by atoms with Crippen molar-refractivity contribution in [3.8, 4) is 34.5 Å². The Bertz CT molecular complexity index is 1950. The molecule has 0 atom stereocenters. The predicted molar refractivity (Wildman–Crippen MR) is 227 cm³/mol. The second kappa shape index (κ2) is 18.3. The molecule has 0 aromatic heterocycles. The van der Waals surface area contributed by atoms with Gasteiger partial charge in [-0.15, -0.1) is 0 Å². The summed E-state index contributed by atoms with van der Waals surface area (Å²) in [5.74, 6) is 4.47. The van der Waals surface area contributed by atoms with Crippen LogP contribution in [0.1, 0.15) is 33.4 Å². The van der Waals surface area contributed by atoms with Crippen molar-refractivity contribution < 1.29 is 28.4 Å². The van der Waals surface area contributed by atoms with E-state index in [1.165, 1.54) is 0 Å². The second-order valence-corrected chi connectivity index (χ2v) is 12.5. The van der Waals surface area contributed by atoms with Crippen molar-refractivity contribution in [1.82, 2.24) is 0 Å². The van der Waals surface area contributed by atoms with Gasteiger partial charge in [0.05, 0.1) is 42.7 Å². The average molecular weight is 732 g/mol. The fourth-order valence-electron chi connectivity index (χ4n) is 6.01. The number of methoxy groups -OCH3 is 6. The molecule has 278 valence electrons. The van der Waals surface area contributed by atoms with Gasteiger partial charge >= 0.3 is 0 Å². The standard InChI is InChI=1S/C48H45NO6/c1-50-43-25-37(26-44(31-43)51-2)10-7-34-13-19-40(20-14-34)49(41-21-15-35(16-22-41)8-11-38-27-45(52-3)32-46(28-38)53-4)42-23-17-36(18-24-42)9-12-39-29-47(54-5)33-48(30-39)55-6/h7-33H,1-6H3. The van der Waals surface area contributed by atoms with Crippen LogP contribution in [0.3, 0.4) is 0 Å². The molecule has 0 spiro atoms. The van der Waals surface area contributed by atoms with E-state index in [2.05, 4.69) is 114 Å². The fourth-order valence-corrected chi connectivity index (χ4v) is 6.01. The van der Waals surface area contributed by atoms with Crippen LogP contribution in [0.15, 0.2) is 127 Å². The first-order valence-electron chi connectivity index (χ1n) is 17.7. The average Bonchev–Trinajstić information content (AvgIpc) is 3.25. The van der Waals surface area contributed by atoms with E-state index in [4.69, 9.17) is 28.4 Å². The van der Waals surface area contributed by atoms with Crippen molar-refractivity contribution in [2.24, 2.45) is 0 Å². The second-order valence-electron chi connectivity index (χ2n) is 12.5. The molecule has 0 aliphatic heterocycles. The maximum atomic E-state index is 5.45. The number of benzene rings is 6. The maximum Gasteiger partial charge on any atom is 0.123 e. The highest BCUT2D eigenvalue weighted by atomic mass is 16.5. The highest BCUT2D eigenvalue weighted by Crippen LogP contribution is 2.36. The number of ether oxygens (including phenoxy) is 6. The Balaban J connectivity index is 1.29. The van der Waals surface area contributed by atoms with Gasteiger partial charge in [0.2, 0.25) is 0 Å². The minimum Gasteiger partial charge on any atom is -0.497 e. The zero-order valence-electron chi connectivity index (χ0n) is 32.0. The largest absolute Gasteiger partial charge is 0.497 e. The van der Waals surface area contributed by atoms with E-state index in [1.54, 1.807) is 42.7 Å². The Morgan fingerprint density at radius 2 is 0.473 bits per heavy atom. The molecule has 7 nitrogen and oxygen atoms in total. The third kappa shape index (κ3) is 9.97. The van der Waals surface area contributed by atoms with Gasteiger partial charge < -0.3 is 33.3 Å². The van der Waals surface area contributed by atoms with Crippen molar-refractivity contribution in [3.63, 3.8) is 0 Å². The minimum atomic E-state index is 0.745. The lowest BCUT2D eigenvalue weighted by molar-refractivity contribution is 0.394. The molecule has 0 radical (unpaired) electrons. The van der Waals surface area contributed by atoms with E-state index in [-0.39, 0.29) is 0 Å². The van der Waals surface area contributed by atoms with Gasteiger partial charge in [-0.1, -0.05) is 72.9 Å². The molecular weight excluding hydrogens is 687 g/mol. The van der Waals surface area contributed by atoms with Gasteiger partial charge in [-0.05, 0) is 106 Å². The molecule has 0 saturated heterocycles. The summed E-state index contributed by atoms with van der Waals surface area (Å²) >= 11 is 0. The van der Waals surface area contributed by atoms with E-state index in [9.17, 15) is 0 Å². The third-order valence-electron chi connectivity index (χ3n) is 8.98. The topological polar surface area (TPSA) is 58.6 Å². The number of anilines is 3. The molecule has 55 heavy (non-hydrogen) atoms. The van der Waals surface area contributed by atoms with Gasteiger partial charge in [-0.3, -0.25) is 0 Å². The maximum absolute atomic E-state index is 5.45. The Kier molecular flexibility index (Phi) is 12.6. The molecule has 0 heterocycles. The zero-order valence-corrected chi connectivity index (χ0v) is 32.0. The van der Waals surface area contributed by atoms with Crippen molar-refractivity contribution in [2.75, 3.05) is 47.6 Å². The first-order valence-corrected chi connectivity index (χ1v) is 17.7. The van der Waals surface area contributed by atoms with Gasteiger partial charge in [0.15, 0.2) is 0 Å². The number of nitrogens with zero attached hydrogens (tertiary/aromatic N) is 1. The van der Waals surface area contributed by atoms with Crippen LogP contribution in [0.2, 0.25) is 0 Å². The normalized spacial score (nSPS) is 11.2. The lowest BCUT2D eigenvalue weighted by atomic mass is 10.1. The molecule has 0 N–H and O–H groups in total. The molecule has 0 bridgehead atoms. The Morgan fingerprint density at radius 3 is 0.673 bits per heavy atom. The molecule has 0 saturated carbocycles. The SMILES string of the molecule is COc1cc(C=Cc2ccc(N(c3ccc(C=Cc4cc(OC)cc(OC)c4)cc3)c3ccc(C=Cc4cc(OC)cc(OC)c4)cc3)cc2)cc(OC)c1. The highest BCUT2D eigenvalue weighted by Gasteiger charge is 2.13. The summed E-state index contributed by atoms with van der Waals surface area (Å²) in [7, 11) is 9.92. The Morgan fingerprint density at radius 1 is 0.273 bits per heavy atom. The smallest absolute Gasteiger partial charge is 0.123 e. The number of hydrogen-bond acceptors (Lipinski definition) is 7. The Hall–Kier alpha value is -6.86. The van der Waals surface area contributed by atoms with Crippen LogP contribution in [0, 0.1) is 0 Å². The van der Waals surface area contributed by atoms with Crippen LogP contribution in [0.25, 0.3) is 36.5 Å². The van der Waals surface area contributed by atoms with Crippen LogP contribution in [0.5, 0.6) is 34.5 Å². The molecule has 0 aliphatic carbocycles. The van der Waals surface area contributed by atoms with Crippen LogP contribution in [0.4, 0.5) is 17.1 Å². The molecule has 0 amide bonds. The first-order chi connectivity index (χ1) is 26.9. The quantitative estimate of drug-likeness (QED) is 0.0975. The summed E-state index contributed by atoms with van der Waals surface area (Å²) < 4.78 is 32.7. The summed E-state index contributed by atoms with van der Waals surface area (Å²) in [6.45, 7) is 0. The molecule has 6 aromatic carbocycles. The third-order valence-corrected chi connectivity index (χ3v) is 8.98. The zero-order chi connectivity index (χ0) is 38.6. The lowest BCUT2D eigenvalue weighted by Gasteiger charge is -2.26. The van der Waals surface area contributed by atoms with Gasteiger partial charge in [0.1, 0.15) is 34.5 Å². The summed E-state index contributed by atoms with van der Waals surface area (Å²) in [4.78, 5) is 2.25. The van der Waals surface area contributed by atoms with Gasteiger partial charge in [-0.2, -0.15) is 0 Å². The van der Waals surface area contributed by atoms with Gasteiger partial charge in [0, 0.05) is 35.3 Å². The van der Waals surface area contributed by atoms with Crippen molar-refractivity contribution >= 4 is 53.5 Å². The Labute approximate surface area is 323 Å². The van der Waals surface area contributed by atoms with Crippen molar-refractivity contribution in [1.29, 1.82) is 0 Å². The molecule has 7 heteroatoms.